The average molecular weight is 387 g/mol. The molecule has 0 radical (unpaired) electrons. The van der Waals surface area contributed by atoms with Gasteiger partial charge in [0.15, 0.2) is 5.82 Å². The quantitative estimate of drug-likeness (QED) is 0.630. The predicted molar refractivity (Wildman–Crippen MR) is 107 cm³/mol. The fraction of sp³-hybridized carbons (Fsp3) is 0.368. The average Bonchev–Trinajstić information content (AvgIpc) is 3.24. The van der Waals surface area contributed by atoms with E-state index < -0.39 is 0 Å². The van der Waals surface area contributed by atoms with Crippen molar-refractivity contribution in [3.05, 3.63) is 52.6 Å². The van der Waals surface area contributed by atoms with Crippen LogP contribution in [0.15, 0.2) is 47.8 Å². The normalized spacial score (nSPS) is 21.2. The Morgan fingerprint density at radius 3 is 2.50 bits per heavy atom. The first-order chi connectivity index (χ1) is 12.6. The van der Waals surface area contributed by atoms with Crippen LogP contribution < -0.4 is 0 Å². The highest BCUT2D eigenvalue weighted by Crippen LogP contribution is 2.26. The third kappa shape index (κ3) is 3.53. The zero-order valence-corrected chi connectivity index (χ0v) is 16.5. The molecular weight excluding hydrogens is 364 g/mol. The van der Waals surface area contributed by atoms with Gasteiger partial charge >= 0.3 is 0 Å². The fourth-order valence-electron chi connectivity index (χ4n) is 3.46. The van der Waals surface area contributed by atoms with Gasteiger partial charge in [-0.1, -0.05) is 24.3 Å². The summed E-state index contributed by atoms with van der Waals surface area (Å²) in [5.74, 6) is 0.894. The molecule has 136 valence electrons. The molecule has 0 saturated carbocycles. The number of hydrogen-bond acceptors (Lipinski definition) is 5. The summed E-state index contributed by atoms with van der Waals surface area (Å²) in [6, 6.07) is 14.3. The lowest BCUT2D eigenvalue weighted by atomic mass is 10.2. The van der Waals surface area contributed by atoms with E-state index in [4.69, 9.17) is 22.1 Å². The molecule has 0 aliphatic carbocycles. The molecule has 7 heteroatoms. The molecule has 1 saturated heterocycles. The maximum atomic E-state index is 5.84. The Balaban J connectivity index is 1.74. The number of nitrogens with zero attached hydrogens (tertiary/aromatic N) is 4. The summed E-state index contributed by atoms with van der Waals surface area (Å²) in [4.78, 5) is 3.47. The van der Waals surface area contributed by atoms with E-state index in [2.05, 4.69) is 46.9 Å². The van der Waals surface area contributed by atoms with Crippen molar-refractivity contribution in [2.45, 2.75) is 32.7 Å². The Kier molecular flexibility index (Phi) is 5.04. The zero-order chi connectivity index (χ0) is 18.1. The van der Waals surface area contributed by atoms with Crippen LogP contribution in [0.25, 0.3) is 16.4 Å². The van der Waals surface area contributed by atoms with Gasteiger partial charge < -0.3 is 4.74 Å². The van der Waals surface area contributed by atoms with E-state index in [0.29, 0.717) is 11.4 Å². The number of rotatable bonds is 4. The van der Waals surface area contributed by atoms with Crippen molar-refractivity contribution in [2.24, 2.45) is 0 Å². The van der Waals surface area contributed by atoms with Gasteiger partial charge in [-0.2, -0.15) is 0 Å². The van der Waals surface area contributed by atoms with E-state index in [0.717, 1.165) is 29.5 Å². The summed E-state index contributed by atoms with van der Waals surface area (Å²) < 4.78 is 10.6. The highest BCUT2D eigenvalue weighted by atomic mass is 32.1. The van der Waals surface area contributed by atoms with Gasteiger partial charge in [0.05, 0.1) is 23.8 Å². The van der Waals surface area contributed by atoms with Crippen LogP contribution in [0, 0.1) is 4.77 Å². The van der Waals surface area contributed by atoms with Crippen molar-refractivity contribution in [1.29, 1.82) is 0 Å². The second-order valence-corrected chi connectivity index (χ2v) is 8.00. The van der Waals surface area contributed by atoms with Crippen LogP contribution in [0.5, 0.6) is 0 Å². The van der Waals surface area contributed by atoms with E-state index in [-0.39, 0.29) is 12.2 Å². The van der Waals surface area contributed by atoms with E-state index in [9.17, 15) is 0 Å². The second-order valence-electron chi connectivity index (χ2n) is 6.69. The summed E-state index contributed by atoms with van der Waals surface area (Å²) in [5, 5.41) is 6.94. The Morgan fingerprint density at radius 1 is 1.12 bits per heavy atom. The smallest absolute Gasteiger partial charge is 0.204 e. The maximum Gasteiger partial charge on any atom is 0.204 e. The molecule has 0 unspecified atom stereocenters. The van der Waals surface area contributed by atoms with Gasteiger partial charge in [-0.3, -0.25) is 9.47 Å². The summed E-state index contributed by atoms with van der Waals surface area (Å²) in [6.45, 7) is 6.68. The SMILES string of the molecule is C[C@@H]1CN(Cn2nc(-c3cccs3)n(-c3ccccc3)c2=S)C[C@H](C)O1. The molecule has 2 atom stereocenters. The number of aromatic nitrogens is 3. The van der Waals surface area contributed by atoms with Gasteiger partial charge in [0.1, 0.15) is 0 Å². The van der Waals surface area contributed by atoms with Crippen LogP contribution in [0.1, 0.15) is 13.8 Å². The largest absolute Gasteiger partial charge is 0.373 e. The van der Waals surface area contributed by atoms with Crippen molar-refractivity contribution in [3.63, 3.8) is 0 Å². The summed E-state index contributed by atoms with van der Waals surface area (Å²) in [7, 11) is 0. The highest BCUT2D eigenvalue weighted by Gasteiger charge is 2.24. The van der Waals surface area contributed by atoms with Gasteiger partial charge in [0.2, 0.25) is 4.77 Å². The lowest BCUT2D eigenvalue weighted by Gasteiger charge is -2.34. The summed E-state index contributed by atoms with van der Waals surface area (Å²) in [6.07, 6.45) is 0.446. The van der Waals surface area contributed by atoms with Gasteiger partial charge in [0.25, 0.3) is 0 Å². The minimum atomic E-state index is 0.223. The number of morpholine rings is 1. The molecule has 1 aliphatic rings. The molecule has 0 amide bonds. The lowest BCUT2D eigenvalue weighted by molar-refractivity contribution is -0.0777. The molecule has 1 fully saturated rings. The molecule has 3 heterocycles. The molecule has 5 nitrogen and oxygen atoms in total. The number of thiophene rings is 1. The Labute approximate surface area is 162 Å². The van der Waals surface area contributed by atoms with Crippen molar-refractivity contribution < 1.29 is 4.74 Å². The van der Waals surface area contributed by atoms with Crippen molar-refractivity contribution in [2.75, 3.05) is 13.1 Å². The summed E-state index contributed by atoms with van der Waals surface area (Å²) in [5.41, 5.74) is 1.04. The van der Waals surface area contributed by atoms with Gasteiger partial charge in [-0.25, -0.2) is 4.68 Å². The van der Waals surface area contributed by atoms with E-state index in [1.165, 1.54) is 0 Å². The van der Waals surface area contributed by atoms with Crippen LogP contribution in [-0.2, 0) is 11.4 Å². The Bertz CT molecular complexity index is 907. The number of ether oxygens (including phenoxy) is 1. The lowest BCUT2D eigenvalue weighted by Crippen LogP contribution is -2.46. The third-order valence-electron chi connectivity index (χ3n) is 4.42. The zero-order valence-electron chi connectivity index (χ0n) is 14.9. The maximum absolute atomic E-state index is 5.84. The van der Waals surface area contributed by atoms with Crippen molar-refractivity contribution >= 4 is 23.6 Å². The van der Waals surface area contributed by atoms with Crippen LogP contribution in [0.2, 0.25) is 0 Å². The van der Waals surface area contributed by atoms with E-state index in [1.807, 2.05) is 28.9 Å². The number of para-hydroxylation sites is 1. The molecule has 1 aromatic carbocycles. The van der Waals surface area contributed by atoms with Crippen LogP contribution >= 0.6 is 23.6 Å². The topological polar surface area (TPSA) is 35.2 Å². The van der Waals surface area contributed by atoms with Gasteiger partial charge in [0, 0.05) is 18.8 Å². The van der Waals surface area contributed by atoms with E-state index in [1.54, 1.807) is 11.3 Å². The highest BCUT2D eigenvalue weighted by molar-refractivity contribution is 7.71. The molecule has 0 bridgehead atoms. The van der Waals surface area contributed by atoms with E-state index >= 15 is 0 Å². The van der Waals surface area contributed by atoms with Crippen LogP contribution in [0.3, 0.4) is 0 Å². The second kappa shape index (κ2) is 7.44. The van der Waals surface area contributed by atoms with Crippen LogP contribution in [0.4, 0.5) is 0 Å². The molecule has 1 aliphatic heterocycles. The van der Waals surface area contributed by atoms with Crippen LogP contribution in [-0.4, -0.2) is 44.5 Å². The predicted octanol–water partition coefficient (Wildman–Crippen LogP) is 4.20. The molecule has 4 rings (SSSR count). The minimum Gasteiger partial charge on any atom is -0.373 e. The molecule has 26 heavy (non-hydrogen) atoms. The monoisotopic (exact) mass is 386 g/mol. The first kappa shape index (κ1) is 17.6. The third-order valence-corrected chi connectivity index (χ3v) is 5.68. The first-order valence-electron chi connectivity index (χ1n) is 8.79. The Morgan fingerprint density at radius 2 is 1.85 bits per heavy atom. The molecule has 0 spiro atoms. The Hall–Kier alpha value is -1.80. The van der Waals surface area contributed by atoms with Gasteiger partial charge in [-0.15, -0.1) is 16.4 Å². The minimum absolute atomic E-state index is 0.223. The molecule has 0 N–H and O–H groups in total. The number of hydrogen-bond donors (Lipinski definition) is 0. The molecule has 2 aromatic heterocycles. The summed E-state index contributed by atoms with van der Waals surface area (Å²) >= 11 is 7.48. The van der Waals surface area contributed by atoms with Crippen molar-refractivity contribution in [3.8, 4) is 16.4 Å². The fourth-order valence-corrected chi connectivity index (χ4v) is 4.45. The number of benzene rings is 1. The van der Waals surface area contributed by atoms with Gasteiger partial charge in [-0.05, 0) is 49.6 Å². The standard InChI is InChI=1S/C19H22N4OS2/c1-14-11-21(12-15(2)24-14)13-22-19(25)23(16-7-4-3-5-8-16)18(20-22)17-9-6-10-26-17/h3-10,14-15H,11-13H2,1-2H3/t14-,15+. The molecular formula is C19H22N4OS2. The van der Waals surface area contributed by atoms with Crippen molar-refractivity contribution in [1.82, 2.24) is 19.2 Å². The first-order valence-corrected chi connectivity index (χ1v) is 10.1. The molecule has 3 aromatic rings.